The highest BCUT2D eigenvalue weighted by molar-refractivity contribution is 5.81. The minimum Gasteiger partial charge on any atom is -0.381 e. The highest BCUT2D eigenvalue weighted by Crippen LogP contribution is 2.13. The van der Waals surface area contributed by atoms with Crippen molar-refractivity contribution in [3.05, 3.63) is 0 Å². The van der Waals surface area contributed by atoms with Gasteiger partial charge in [0.05, 0.1) is 0 Å². The zero-order valence-corrected chi connectivity index (χ0v) is 10.4. The third-order valence-electron chi connectivity index (χ3n) is 2.09. The Kier molecular flexibility index (Phi) is 7.18. The van der Waals surface area contributed by atoms with E-state index in [9.17, 15) is 18.0 Å². The van der Waals surface area contributed by atoms with Gasteiger partial charge >= 0.3 is 12.1 Å². The van der Waals surface area contributed by atoms with E-state index < -0.39 is 12.1 Å². The quantitative estimate of drug-likeness (QED) is 0.822. The SMILES string of the molecule is CC(C)CNC(=O)C(F)(F)F.CC1CCOC1. The summed E-state index contributed by atoms with van der Waals surface area (Å²) in [5.41, 5.74) is 0. The second kappa shape index (κ2) is 7.53. The molecule has 1 fully saturated rings. The maximum absolute atomic E-state index is 11.5. The van der Waals surface area contributed by atoms with Gasteiger partial charge in [-0.3, -0.25) is 4.79 Å². The van der Waals surface area contributed by atoms with E-state index in [0.717, 1.165) is 19.1 Å². The summed E-state index contributed by atoms with van der Waals surface area (Å²) in [4.78, 5) is 10.1. The van der Waals surface area contributed by atoms with Crippen LogP contribution < -0.4 is 5.32 Å². The molecule has 1 saturated heterocycles. The molecule has 1 amide bonds. The molecule has 0 aromatic heterocycles. The average Bonchev–Trinajstić information content (AvgIpc) is 2.64. The molecule has 3 nitrogen and oxygen atoms in total. The number of halogens is 3. The van der Waals surface area contributed by atoms with E-state index in [-0.39, 0.29) is 12.5 Å². The van der Waals surface area contributed by atoms with Crippen molar-refractivity contribution in [1.29, 1.82) is 0 Å². The van der Waals surface area contributed by atoms with E-state index in [1.54, 1.807) is 19.2 Å². The monoisotopic (exact) mass is 255 g/mol. The maximum atomic E-state index is 11.5. The van der Waals surface area contributed by atoms with Crippen molar-refractivity contribution in [2.75, 3.05) is 19.8 Å². The minimum atomic E-state index is -4.76. The number of alkyl halides is 3. The fourth-order valence-corrected chi connectivity index (χ4v) is 1.05. The van der Waals surface area contributed by atoms with Crippen LogP contribution >= 0.6 is 0 Å². The Morgan fingerprint density at radius 1 is 1.47 bits per heavy atom. The van der Waals surface area contributed by atoms with Crippen molar-refractivity contribution in [3.8, 4) is 0 Å². The van der Waals surface area contributed by atoms with Crippen LogP contribution in [0.5, 0.6) is 0 Å². The molecular weight excluding hydrogens is 235 g/mol. The highest BCUT2D eigenvalue weighted by atomic mass is 19.4. The summed E-state index contributed by atoms with van der Waals surface area (Å²) in [7, 11) is 0. The molecule has 0 bridgehead atoms. The van der Waals surface area contributed by atoms with Gasteiger partial charge < -0.3 is 10.1 Å². The smallest absolute Gasteiger partial charge is 0.381 e. The predicted molar refractivity (Wildman–Crippen MR) is 58.5 cm³/mol. The molecule has 1 aliphatic heterocycles. The first kappa shape index (κ1) is 16.2. The van der Waals surface area contributed by atoms with Crippen LogP contribution in [0.25, 0.3) is 0 Å². The Hall–Kier alpha value is -0.780. The lowest BCUT2D eigenvalue weighted by molar-refractivity contribution is -0.173. The van der Waals surface area contributed by atoms with Gasteiger partial charge in [-0.2, -0.15) is 13.2 Å². The zero-order chi connectivity index (χ0) is 13.5. The van der Waals surface area contributed by atoms with Gasteiger partial charge in [0.25, 0.3) is 0 Å². The van der Waals surface area contributed by atoms with Gasteiger partial charge in [-0.15, -0.1) is 0 Å². The van der Waals surface area contributed by atoms with Gasteiger partial charge in [0.15, 0.2) is 0 Å². The average molecular weight is 255 g/mol. The molecule has 0 aromatic carbocycles. The van der Waals surface area contributed by atoms with E-state index in [1.807, 2.05) is 0 Å². The van der Waals surface area contributed by atoms with Gasteiger partial charge in [-0.25, -0.2) is 0 Å². The molecule has 1 N–H and O–H groups in total. The summed E-state index contributed by atoms with van der Waals surface area (Å²) >= 11 is 0. The summed E-state index contributed by atoms with van der Waals surface area (Å²) in [6.07, 6.45) is -3.49. The third-order valence-corrected chi connectivity index (χ3v) is 2.09. The standard InChI is InChI=1S/C6H10F3NO.C5H10O/c1-4(2)3-10-5(11)6(7,8)9;1-5-2-3-6-4-5/h4H,3H2,1-2H3,(H,10,11);5H,2-4H2,1H3. The number of nitrogens with one attached hydrogen (secondary N) is 1. The first-order valence-corrected chi connectivity index (χ1v) is 5.66. The Morgan fingerprint density at radius 2 is 2.06 bits per heavy atom. The van der Waals surface area contributed by atoms with Crippen LogP contribution in [0, 0.1) is 11.8 Å². The lowest BCUT2D eigenvalue weighted by Crippen LogP contribution is -2.38. The Labute approximate surface area is 99.7 Å². The molecule has 1 atom stereocenters. The molecule has 0 aliphatic carbocycles. The van der Waals surface area contributed by atoms with Crippen LogP contribution in [0.1, 0.15) is 27.2 Å². The number of hydrogen-bond acceptors (Lipinski definition) is 2. The topological polar surface area (TPSA) is 38.3 Å². The number of amides is 1. The van der Waals surface area contributed by atoms with E-state index in [2.05, 4.69) is 6.92 Å². The van der Waals surface area contributed by atoms with Gasteiger partial charge in [0.2, 0.25) is 0 Å². The number of ether oxygens (including phenoxy) is 1. The molecule has 0 saturated carbocycles. The molecule has 1 aliphatic rings. The summed E-state index contributed by atoms with van der Waals surface area (Å²) in [5.74, 6) is -1.02. The normalized spacial score (nSPS) is 19.8. The van der Waals surface area contributed by atoms with Crippen LogP contribution in [-0.2, 0) is 9.53 Å². The van der Waals surface area contributed by atoms with Crippen LogP contribution in [0.4, 0.5) is 13.2 Å². The molecule has 1 heterocycles. The van der Waals surface area contributed by atoms with Crippen LogP contribution in [0.15, 0.2) is 0 Å². The fourth-order valence-electron chi connectivity index (χ4n) is 1.05. The van der Waals surface area contributed by atoms with Crippen molar-refractivity contribution in [2.24, 2.45) is 11.8 Å². The van der Waals surface area contributed by atoms with E-state index in [1.165, 1.54) is 6.42 Å². The summed E-state index contributed by atoms with van der Waals surface area (Å²) in [6.45, 7) is 7.68. The fraction of sp³-hybridized carbons (Fsp3) is 0.909. The van der Waals surface area contributed by atoms with Crippen LogP contribution in [0.3, 0.4) is 0 Å². The van der Waals surface area contributed by atoms with Crippen LogP contribution in [0.2, 0.25) is 0 Å². The van der Waals surface area contributed by atoms with Gasteiger partial charge in [-0.05, 0) is 18.3 Å². The second-order valence-electron chi connectivity index (χ2n) is 4.57. The minimum absolute atomic E-state index is 0.0290. The zero-order valence-electron chi connectivity index (χ0n) is 10.4. The molecular formula is C11H20F3NO2. The molecule has 1 unspecified atom stereocenters. The molecule has 0 aromatic rings. The number of rotatable bonds is 2. The van der Waals surface area contributed by atoms with Crippen molar-refractivity contribution in [1.82, 2.24) is 5.32 Å². The molecule has 102 valence electrons. The molecule has 6 heteroatoms. The Balaban J connectivity index is 0.000000354. The van der Waals surface area contributed by atoms with Crippen molar-refractivity contribution in [2.45, 2.75) is 33.4 Å². The van der Waals surface area contributed by atoms with Crippen LogP contribution in [-0.4, -0.2) is 31.8 Å². The van der Waals surface area contributed by atoms with Crippen molar-refractivity contribution in [3.63, 3.8) is 0 Å². The summed E-state index contributed by atoms with van der Waals surface area (Å²) in [6, 6.07) is 0. The van der Waals surface area contributed by atoms with E-state index in [4.69, 9.17) is 4.74 Å². The summed E-state index contributed by atoms with van der Waals surface area (Å²) in [5, 5.41) is 1.76. The van der Waals surface area contributed by atoms with Crippen molar-refractivity contribution >= 4 is 5.91 Å². The first-order chi connectivity index (χ1) is 7.73. The third kappa shape index (κ3) is 8.97. The van der Waals surface area contributed by atoms with Gasteiger partial charge in [0.1, 0.15) is 0 Å². The van der Waals surface area contributed by atoms with E-state index in [0.29, 0.717) is 0 Å². The molecule has 17 heavy (non-hydrogen) atoms. The molecule has 0 spiro atoms. The number of hydrogen-bond donors (Lipinski definition) is 1. The highest BCUT2D eigenvalue weighted by Gasteiger charge is 2.38. The second-order valence-corrected chi connectivity index (χ2v) is 4.57. The Morgan fingerprint density at radius 3 is 2.29 bits per heavy atom. The molecule has 1 rings (SSSR count). The molecule has 0 radical (unpaired) electrons. The predicted octanol–water partition coefficient (Wildman–Crippen LogP) is 2.36. The van der Waals surface area contributed by atoms with Gasteiger partial charge in [0, 0.05) is 19.8 Å². The lowest BCUT2D eigenvalue weighted by Gasteiger charge is -2.08. The van der Waals surface area contributed by atoms with Crippen molar-refractivity contribution < 1.29 is 22.7 Å². The largest absolute Gasteiger partial charge is 0.471 e. The maximum Gasteiger partial charge on any atom is 0.471 e. The lowest BCUT2D eigenvalue weighted by atomic mass is 10.2. The Bertz CT molecular complexity index is 223. The number of carbonyl (C=O) groups is 1. The van der Waals surface area contributed by atoms with E-state index >= 15 is 0 Å². The number of carbonyl (C=O) groups excluding carboxylic acids is 1. The van der Waals surface area contributed by atoms with Gasteiger partial charge in [-0.1, -0.05) is 20.8 Å². The summed E-state index contributed by atoms with van der Waals surface area (Å²) < 4.78 is 39.5. The first-order valence-electron chi connectivity index (χ1n) is 5.66.